The minimum absolute atomic E-state index is 0.0332. The van der Waals surface area contributed by atoms with Crippen LogP contribution in [0.4, 0.5) is 0 Å². The van der Waals surface area contributed by atoms with E-state index in [1.807, 2.05) is 6.21 Å². The number of nitrogens with one attached hydrogen (secondary N) is 2. The lowest BCUT2D eigenvalue weighted by Gasteiger charge is -2.18. The molecule has 0 aliphatic heterocycles. The van der Waals surface area contributed by atoms with E-state index in [1.54, 1.807) is 0 Å². The normalized spacial score (nSPS) is 24.5. The molecule has 1 saturated carbocycles. The van der Waals surface area contributed by atoms with E-state index in [-0.39, 0.29) is 5.56 Å². The van der Waals surface area contributed by atoms with Crippen LogP contribution in [0.15, 0.2) is 21.9 Å². The highest BCUT2D eigenvalue weighted by atomic mass is 16.1. The predicted octanol–water partition coefficient (Wildman–Crippen LogP) is 3.28. The molecule has 2 aliphatic carbocycles. The van der Waals surface area contributed by atoms with Gasteiger partial charge < -0.3 is 5.10 Å². The predicted molar refractivity (Wildman–Crippen MR) is 81.6 cm³/mol. The molecule has 108 valence electrons. The first kappa shape index (κ1) is 13.4. The third-order valence-electron chi connectivity index (χ3n) is 4.51. The van der Waals surface area contributed by atoms with E-state index in [9.17, 15) is 4.79 Å². The highest BCUT2D eigenvalue weighted by Gasteiger charge is 2.19. The summed E-state index contributed by atoms with van der Waals surface area (Å²) in [6.07, 6.45) is 15.7. The number of hydrogen-bond acceptors (Lipinski definition) is 2. The Morgan fingerprint density at radius 1 is 1.10 bits per heavy atom. The zero-order valence-corrected chi connectivity index (χ0v) is 11.9. The van der Waals surface area contributed by atoms with Crippen LogP contribution in [0.5, 0.6) is 0 Å². The third-order valence-corrected chi connectivity index (χ3v) is 4.51. The van der Waals surface area contributed by atoms with Gasteiger partial charge in [-0.15, -0.1) is 0 Å². The molecule has 20 heavy (non-hydrogen) atoms. The smallest absolute Gasteiger partial charge is 0.272 e. The monoisotopic (exact) mass is 273 g/mol. The van der Waals surface area contributed by atoms with Gasteiger partial charge in [0.15, 0.2) is 0 Å². The quantitative estimate of drug-likeness (QED) is 0.644. The van der Waals surface area contributed by atoms with Gasteiger partial charge in [0.2, 0.25) is 0 Å². The van der Waals surface area contributed by atoms with Crippen molar-refractivity contribution in [2.24, 2.45) is 4.99 Å². The van der Waals surface area contributed by atoms with E-state index in [0.717, 1.165) is 30.5 Å². The Morgan fingerprint density at radius 3 is 2.70 bits per heavy atom. The number of rotatable bonds is 3. The van der Waals surface area contributed by atoms with Crippen LogP contribution in [-0.2, 0) is 0 Å². The van der Waals surface area contributed by atoms with Crippen LogP contribution in [0.1, 0.15) is 68.5 Å². The van der Waals surface area contributed by atoms with Crippen molar-refractivity contribution in [3.63, 3.8) is 0 Å². The summed E-state index contributed by atoms with van der Waals surface area (Å²) in [4.78, 5) is 16.6. The second kappa shape index (κ2) is 6.25. The van der Waals surface area contributed by atoms with Crippen LogP contribution in [0.25, 0.3) is 0 Å². The molecule has 1 atom stereocenters. The molecule has 1 unspecified atom stereocenters. The topological polar surface area (TPSA) is 61.0 Å². The minimum Gasteiger partial charge on any atom is -0.301 e. The van der Waals surface area contributed by atoms with E-state index >= 15 is 0 Å². The molecule has 0 amide bonds. The lowest BCUT2D eigenvalue weighted by atomic mass is 9.90. The molecule has 0 saturated heterocycles. The molecule has 0 bridgehead atoms. The number of allylic oxidation sites excluding steroid dienone is 2. The second-order valence-corrected chi connectivity index (χ2v) is 5.96. The molecule has 0 aromatic carbocycles. The fourth-order valence-corrected chi connectivity index (χ4v) is 3.30. The maximum absolute atomic E-state index is 12.0. The van der Waals surface area contributed by atoms with E-state index < -0.39 is 0 Å². The fourth-order valence-electron chi connectivity index (χ4n) is 3.30. The fraction of sp³-hybridized carbons (Fsp3) is 0.625. The van der Waals surface area contributed by atoms with Crippen LogP contribution in [0, 0.1) is 0 Å². The highest BCUT2D eigenvalue weighted by Crippen LogP contribution is 2.28. The molecule has 1 aromatic heterocycles. The molecule has 0 radical (unpaired) electrons. The molecule has 0 spiro atoms. The molecular weight excluding hydrogens is 250 g/mol. The summed E-state index contributed by atoms with van der Waals surface area (Å²) < 4.78 is 0. The average Bonchev–Trinajstić information content (AvgIpc) is 2.88. The minimum atomic E-state index is -0.0332. The summed E-state index contributed by atoms with van der Waals surface area (Å²) in [5, 5.41) is 5.80. The summed E-state index contributed by atoms with van der Waals surface area (Å²) in [6, 6.07) is 0.414. The number of hydrogen-bond donors (Lipinski definition) is 2. The standard InChI is InChI=1S/C16H23N3O/c20-16-14(11-17-13-9-5-2-6-10-13)15(18-19-16)12-7-3-1-4-8-12/h1,3,11-13H,2,4-10H2,(H2,18,19,20). The molecule has 2 N–H and O–H groups in total. The number of aromatic amines is 2. The number of aliphatic imine (C=N–C) groups is 1. The van der Waals surface area contributed by atoms with Crippen molar-refractivity contribution in [3.05, 3.63) is 33.8 Å². The second-order valence-electron chi connectivity index (χ2n) is 5.96. The Hall–Kier alpha value is -1.58. The van der Waals surface area contributed by atoms with Crippen molar-refractivity contribution in [2.75, 3.05) is 0 Å². The van der Waals surface area contributed by atoms with Gasteiger partial charge in [-0.1, -0.05) is 31.4 Å². The molecule has 1 fully saturated rings. The summed E-state index contributed by atoms with van der Waals surface area (Å²) in [6.45, 7) is 0. The van der Waals surface area contributed by atoms with Crippen LogP contribution in [0.2, 0.25) is 0 Å². The number of aromatic nitrogens is 2. The van der Waals surface area contributed by atoms with Crippen LogP contribution < -0.4 is 5.56 Å². The number of nitrogens with zero attached hydrogens (tertiary/aromatic N) is 1. The molecule has 1 heterocycles. The van der Waals surface area contributed by atoms with E-state index in [1.165, 1.54) is 32.1 Å². The van der Waals surface area contributed by atoms with Crippen LogP contribution in [-0.4, -0.2) is 22.5 Å². The van der Waals surface area contributed by atoms with Gasteiger partial charge in [0, 0.05) is 23.9 Å². The Morgan fingerprint density at radius 2 is 1.95 bits per heavy atom. The molecule has 4 nitrogen and oxygen atoms in total. The van der Waals surface area contributed by atoms with Gasteiger partial charge >= 0.3 is 0 Å². The van der Waals surface area contributed by atoms with Gasteiger partial charge in [-0.2, -0.15) is 0 Å². The van der Waals surface area contributed by atoms with Gasteiger partial charge in [-0.05, 0) is 32.1 Å². The summed E-state index contributed by atoms with van der Waals surface area (Å²) in [5.41, 5.74) is 1.75. The Balaban J connectivity index is 1.78. The van der Waals surface area contributed by atoms with Crippen molar-refractivity contribution in [1.29, 1.82) is 0 Å². The zero-order chi connectivity index (χ0) is 13.8. The molecule has 2 aliphatic rings. The Bertz CT molecular complexity index is 546. The Kier molecular flexibility index (Phi) is 4.19. The lowest BCUT2D eigenvalue weighted by Crippen LogP contribution is -2.13. The third kappa shape index (κ3) is 2.94. The summed E-state index contributed by atoms with van der Waals surface area (Å²) >= 11 is 0. The lowest BCUT2D eigenvalue weighted by molar-refractivity contribution is 0.444. The van der Waals surface area contributed by atoms with Gasteiger partial charge in [-0.3, -0.25) is 14.9 Å². The Labute approximate surface area is 119 Å². The van der Waals surface area contributed by atoms with E-state index in [4.69, 9.17) is 0 Å². The van der Waals surface area contributed by atoms with Crippen molar-refractivity contribution in [3.8, 4) is 0 Å². The molecule has 3 rings (SSSR count). The van der Waals surface area contributed by atoms with Crippen molar-refractivity contribution < 1.29 is 0 Å². The van der Waals surface area contributed by atoms with Crippen LogP contribution in [0.3, 0.4) is 0 Å². The van der Waals surface area contributed by atoms with E-state index in [0.29, 0.717) is 12.0 Å². The SMILES string of the molecule is O=c1[nH][nH]c(C2CC=CCC2)c1C=NC1CCCCC1. The number of H-pyrrole nitrogens is 2. The maximum atomic E-state index is 12.0. The first-order chi connectivity index (χ1) is 9.84. The summed E-state index contributed by atoms with van der Waals surface area (Å²) in [7, 11) is 0. The summed E-state index contributed by atoms with van der Waals surface area (Å²) in [5.74, 6) is 0.423. The first-order valence-electron chi connectivity index (χ1n) is 7.83. The largest absolute Gasteiger partial charge is 0.301 e. The first-order valence-corrected chi connectivity index (χ1v) is 7.83. The van der Waals surface area contributed by atoms with Crippen molar-refractivity contribution >= 4 is 6.21 Å². The highest BCUT2D eigenvalue weighted by molar-refractivity contribution is 5.81. The molecule has 4 heteroatoms. The van der Waals surface area contributed by atoms with Crippen molar-refractivity contribution in [2.45, 2.75) is 63.3 Å². The molecule has 1 aromatic rings. The van der Waals surface area contributed by atoms with Crippen LogP contribution >= 0.6 is 0 Å². The maximum Gasteiger partial charge on any atom is 0.272 e. The average molecular weight is 273 g/mol. The van der Waals surface area contributed by atoms with Gasteiger partial charge in [0.1, 0.15) is 0 Å². The zero-order valence-electron chi connectivity index (χ0n) is 11.9. The van der Waals surface area contributed by atoms with Crippen molar-refractivity contribution in [1.82, 2.24) is 10.2 Å². The van der Waals surface area contributed by atoms with Gasteiger partial charge in [0.05, 0.1) is 5.56 Å². The van der Waals surface area contributed by atoms with Gasteiger partial charge in [-0.25, -0.2) is 0 Å². The van der Waals surface area contributed by atoms with E-state index in [2.05, 4.69) is 27.3 Å². The molecular formula is C16H23N3O. The van der Waals surface area contributed by atoms with Gasteiger partial charge in [0.25, 0.3) is 5.56 Å².